The van der Waals surface area contributed by atoms with Gasteiger partial charge in [-0.15, -0.1) is 0 Å². The monoisotopic (exact) mass is 291 g/mol. The van der Waals surface area contributed by atoms with E-state index >= 15 is 0 Å². The van der Waals surface area contributed by atoms with Crippen LogP contribution in [-0.4, -0.2) is 30.5 Å². The Morgan fingerprint density at radius 3 is 2.67 bits per heavy atom. The standard InChI is InChI=1S/C15H21N3O3/c1-15(8-2-9-17-15)14(20)18-11-3-5-12(6-4-11)21-10-7-13(16)19/h3-6,17H,2,7-10H2,1H3,(H2,16,19)(H,18,20). The molecule has 1 fully saturated rings. The molecule has 1 atom stereocenters. The van der Waals surface area contributed by atoms with Gasteiger partial charge in [-0.05, 0) is 50.6 Å². The Hall–Kier alpha value is -2.08. The second kappa shape index (κ2) is 6.58. The van der Waals surface area contributed by atoms with Crippen molar-refractivity contribution in [2.75, 3.05) is 18.5 Å². The fraction of sp³-hybridized carbons (Fsp3) is 0.467. The molecule has 6 nitrogen and oxygen atoms in total. The van der Waals surface area contributed by atoms with Gasteiger partial charge < -0.3 is 21.1 Å². The van der Waals surface area contributed by atoms with E-state index in [1.807, 2.05) is 6.92 Å². The Bertz CT molecular complexity index is 507. The van der Waals surface area contributed by atoms with Gasteiger partial charge in [-0.1, -0.05) is 0 Å². The number of nitrogens with two attached hydrogens (primary N) is 1. The van der Waals surface area contributed by atoms with Crippen molar-refractivity contribution in [1.82, 2.24) is 5.32 Å². The van der Waals surface area contributed by atoms with Crippen LogP contribution in [0.1, 0.15) is 26.2 Å². The number of benzene rings is 1. The maximum Gasteiger partial charge on any atom is 0.244 e. The molecule has 0 saturated carbocycles. The lowest BCUT2D eigenvalue weighted by Crippen LogP contribution is -2.47. The Morgan fingerprint density at radius 2 is 2.10 bits per heavy atom. The van der Waals surface area contributed by atoms with E-state index < -0.39 is 11.4 Å². The molecule has 1 saturated heterocycles. The van der Waals surface area contributed by atoms with Gasteiger partial charge in [0.1, 0.15) is 5.75 Å². The number of carbonyl (C=O) groups excluding carboxylic acids is 2. The van der Waals surface area contributed by atoms with E-state index in [9.17, 15) is 9.59 Å². The Balaban J connectivity index is 1.87. The molecule has 0 bridgehead atoms. The smallest absolute Gasteiger partial charge is 0.244 e. The van der Waals surface area contributed by atoms with E-state index in [4.69, 9.17) is 10.5 Å². The van der Waals surface area contributed by atoms with E-state index in [1.165, 1.54) is 0 Å². The Kier molecular flexibility index (Phi) is 4.80. The molecule has 2 amide bonds. The summed E-state index contributed by atoms with van der Waals surface area (Å²) in [5, 5.41) is 6.12. The minimum atomic E-state index is -0.489. The second-order valence-corrected chi connectivity index (χ2v) is 5.41. The normalized spacial score (nSPS) is 21.0. The number of hydrogen-bond acceptors (Lipinski definition) is 4. The molecule has 2 rings (SSSR count). The Morgan fingerprint density at radius 1 is 1.38 bits per heavy atom. The van der Waals surface area contributed by atoms with Crippen molar-refractivity contribution in [2.24, 2.45) is 5.73 Å². The highest BCUT2D eigenvalue weighted by Crippen LogP contribution is 2.22. The van der Waals surface area contributed by atoms with Crippen molar-refractivity contribution >= 4 is 17.5 Å². The van der Waals surface area contributed by atoms with Crippen LogP contribution in [0.3, 0.4) is 0 Å². The maximum absolute atomic E-state index is 12.2. The highest BCUT2D eigenvalue weighted by molar-refractivity contribution is 5.98. The molecule has 1 aliphatic rings. The molecule has 1 unspecified atom stereocenters. The molecule has 1 aliphatic heterocycles. The first-order valence-electron chi connectivity index (χ1n) is 7.07. The molecular formula is C15H21N3O3. The lowest BCUT2D eigenvalue weighted by Gasteiger charge is -2.23. The fourth-order valence-electron chi connectivity index (χ4n) is 2.26. The van der Waals surface area contributed by atoms with Gasteiger partial charge in [-0.3, -0.25) is 9.59 Å². The number of carbonyl (C=O) groups is 2. The van der Waals surface area contributed by atoms with Gasteiger partial charge in [0, 0.05) is 5.69 Å². The summed E-state index contributed by atoms with van der Waals surface area (Å²) in [6.45, 7) is 3.04. The first kappa shape index (κ1) is 15.3. The number of ether oxygens (including phenoxy) is 1. The zero-order valence-electron chi connectivity index (χ0n) is 12.1. The molecule has 4 N–H and O–H groups in total. The van der Waals surface area contributed by atoms with Crippen molar-refractivity contribution in [3.05, 3.63) is 24.3 Å². The van der Waals surface area contributed by atoms with Crippen molar-refractivity contribution in [3.63, 3.8) is 0 Å². The zero-order valence-corrected chi connectivity index (χ0v) is 12.1. The van der Waals surface area contributed by atoms with E-state index in [0.717, 1.165) is 25.1 Å². The lowest BCUT2D eigenvalue weighted by atomic mass is 9.99. The zero-order chi connectivity index (χ0) is 15.3. The molecule has 0 aromatic heterocycles. The summed E-state index contributed by atoms with van der Waals surface area (Å²) >= 11 is 0. The summed E-state index contributed by atoms with van der Waals surface area (Å²) in [5.74, 6) is 0.220. The molecule has 0 spiro atoms. The molecule has 21 heavy (non-hydrogen) atoms. The van der Waals surface area contributed by atoms with Crippen molar-refractivity contribution < 1.29 is 14.3 Å². The predicted octanol–water partition coefficient (Wildman–Crippen LogP) is 1.02. The van der Waals surface area contributed by atoms with Crippen LogP contribution in [0, 0.1) is 0 Å². The second-order valence-electron chi connectivity index (χ2n) is 5.41. The number of amides is 2. The topological polar surface area (TPSA) is 93.4 Å². The minimum absolute atomic E-state index is 0.0256. The number of hydrogen-bond donors (Lipinski definition) is 3. The van der Waals surface area contributed by atoms with Crippen LogP contribution in [0.2, 0.25) is 0 Å². The van der Waals surface area contributed by atoms with E-state index in [0.29, 0.717) is 5.75 Å². The number of anilines is 1. The van der Waals surface area contributed by atoms with Crippen LogP contribution in [-0.2, 0) is 9.59 Å². The minimum Gasteiger partial charge on any atom is -0.493 e. The summed E-state index contributed by atoms with van der Waals surface area (Å²) in [7, 11) is 0. The highest BCUT2D eigenvalue weighted by Gasteiger charge is 2.35. The third-order valence-electron chi connectivity index (χ3n) is 3.60. The van der Waals surface area contributed by atoms with Gasteiger partial charge in [0.2, 0.25) is 11.8 Å². The van der Waals surface area contributed by atoms with Gasteiger partial charge in [0.25, 0.3) is 0 Å². The average Bonchev–Trinajstić information content (AvgIpc) is 2.89. The molecule has 1 aromatic carbocycles. The molecule has 1 aromatic rings. The summed E-state index contributed by atoms with van der Waals surface area (Å²) in [5.41, 5.74) is 5.27. The molecule has 0 aliphatic carbocycles. The number of primary amides is 1. The summed E-state index contributed by atoms with van der Waals surface area (Å²) < 4.78 is 5.37. The van der Waals surface area contributed by atoms with Gasteiger partial charge in [0.05, 0.1) is 18.6 Å². The third-order valence-corrected chi connectivity index (χ3v) is 3.60. The van der Waals surface area contributed by atoms with E-state index in [1.54, 1.807) is 24.3 Å². The largest absolute Gasteiger partial charge is 0.493 e. The van der Waals surface area contributed by atoms with Gasteiger partial charge in [-0.2, -0.15) is 0 Å². The predicted molar refractivity (Wildman–Crippen MR) is 80.0 cm³/mol. The maximum atomic E-state index is 12.2. The van der Waals surface area contributed by atoms with Gasteiger partial charge >= 0.3 is 0 Å². The lowest BCUT2D eigenvalue weighted by molar-refractivity contribution is -0.121. The third kappa shape index (κ3) is 4.19. The molecular weight excluding hydrogens is 270 g/mol. The first-order chi connectivity index (χ1) is 9.99. The average molecular weight is 291 g/mol. The van der Waals surface area contributed by atoms with E-state index in [2.05, 4.69) is 10.6 Å². The first-order valence-corrected chi connectivity index (χ1v) is 7.07. The van der Waals surface area contributed by atoms with Crippen LogP contribution in [0.25, 0.3) is 0 Å². The molecule has 1 heterocycles. The number of nitrogens with one attached hydrogen (secondary N) is 2. The summed E-state index contributed by atoms with van der Waals surface area (Å²) in [4.78, 5) is 22.8. The van der Waals surface area contributed by atoms with Crippen LogP contribution < -0.4 is 21.1 Å². The van der Waals surface area contributed by atoms with Crippen molar-refractivity contribution in [2.45, 2.75) is 31.7 Å². The SMILES string of the molecule is CC1(C(=O)Nc2ccc(OCCC(N)=O)cc2)CCCN1. The van der Waals surface area contributed by atoms with Gasteiger partial charge in [0.15, 0.2) is 0 Å². The van der Waals surface area contributed by atoms with Crippen LogP contribution in [0.4, 0.5) is 5.69 Å². The summed E-state index contributed by atoms with van der Waals surface area (Å²) in [6.07, 6.45) is 2.03. The van der Waals surface area contributed by atoms with Crippen molar-refractivity contribution in [1.29, 1.82) is 0 Å². The van der Waals surface area contributed by atoms with Gasteiger partial charge in [-0.25, -0.2) is 0 Å². The van der Waals surface area contributed by atoms with Crippen molar-refractivity contribution in [3.8, 4) is 5.75 Å². The van der Waals surface area contributed by atoms with Crippen LogP contribution in [0.15, 0.2) is 24.3 Å². The highest BCUT2D eigenvalue weighted by atomic mass is 16.5. The van der Waals surface area contributed by atoms with E-state index in [-0.39, 0.29) is 18.9 Å². The molecule has 6 heteroatoms. The van der Waals surface area contributed by atoms with Crippen LogP contribution in [0.5, 0.6) is 5.75 Å². The number of rotatable bonds is 6. The Labute approximate surface area is 124 Å². The molecule has 114 valence electrons. The fourth-order valence-corrected chi connectivity index (χ4v) is 2.26. The molecule has 0 radical (unpaired) electrons. The van der Waals surface area contributed by atoms with Crippen LogP contribution >= 0.6 is 0 Å². The summed E-state index contributed by atoms with van der Waals surface area (Å²) in [6, 6.07) is 7.05. The quantitative estimate of drug-likeness (QED) is 0.729.